The van der Waals surface area contributed by atoms with Crippen LogP contribution in [0.1, 0.15) is 10.4 Å². The van der Waals surface area contributed by atoms with Gasteiger partial charge in [0.2, 0.25) is 0 Å². The van der Waals surface area contributed by atoms with E-state index in [9.17, 15) is 9.59 Å². The highest BCUT2D eigenvalue weighted by Crippen LogP contribution is 2.24. The molecule has 0 aliphatic heterocycles. The van der Waals surface area contributed by atoms with E-state index in [4.69, 9.17) is 4.74 Å². The normalized spacial score (nSPS) is 10.3. The quantitative estimate of drug-likeness (QED) is 0.661. The molecule has 5 nitrogen and oxygen atoms in total. The number of ether oxygens (including phenoxy) is 1. The Bertz CT molecular complexity index is 922. The van der Waals surface area contributed by atoms with Crippen molar-refractivity contribution in [3.63, 3.8) is 0 Å². The Morgan fingerprint density at radius 2 is 1.60 bits per heavy atom. The van der Waals surface area contributed by atoms with Gasteiger partial charge < -0.3 is 4.74 Å². The molecule has 0 saturated heterocycles. The van der Waals surface area contributed by atoms with E-state index in [2.05, 4.69) is 26.8 Å². The van der Waals surface area contributed by atoms with E-state index in [0.29, 0.717) is 15.8 Å². The summed E-state index contributed by atoms with van der Waals surface area (Å²) in [7, 11) is 0. The van der Waals surface area contributed by atoms with Gasteiger partial charge in [-0.1, -0.05) is 48.5 Å². The number of hydrogen-bond donors (Lipinski definition) is 2. The minimum Gasteiger partial charge on any atom is -0.483 e. The number of hydrogen-bond acceptors (Lipinski definition) is 3. The Balaban J connectivity index is 1.56. The number of benzene rings is 3. The zero-order chi connectivity index (χ0) is 17.6. The molecule has 0 radical (unpaired) electrons. The fourth-order valence-corrected chi connectivity index (χ4v) is 2.80. The van der Waals surface area contributed by atoms with Gasteiger partial charge in [0, 0.05) is 9.86 Å². The Hall–Kier alpha value is -2.86. The smallest absolute Gasteiger partial charge is 0.276 e. The number of carbonyl (C=O) groups excluding carboxylic acids is 2. The predicted octanol–water partition coefficient (Wildman–Crippen LogP) is 3.44. The topological polar surface area (TPSA) is 67.4 Å². The molecule has 0 aliphatic carbocycles. The van der Waals surface area contributed by atoms with Crippen LogP contribution in [0, 0.1) is 0 Å². The summed E-state index contributed by atoms with van der Waals surface area (Å²) in [4.78, 5) is 23.9. The number of hydrazine groups is 1. The van der Waals surface area contributed by atoms with Gasteiger partial charge in [-0.15, -0.1) is 0 Å². The molecular formula is C19H15BrN2O3. The largest absolute Gasteiger partial charge is 0.483 e. The highest BCUT2D eigenvalue weighted by Gasteiger charge is 2.11. The molecule has 3 rings (SSSR count). The lowest BCUT2D eigenvalue weighted by molar-refractivity contribution is -0.123. The zero-order valence-electron chi connectivity index (χ0n) is 13.2. The number of amides is 2. The first-order chi connectivity index (χ1) is 12.1. The summed E-state index contributed by atoms with van der Waals surface area (Å²) in [5, 5.41) is 1.96. The molecule has 0 fully saturated rings. The van der Waals surface area contributed by atoms with Gasteiger partial charge in [0.15, 0.2) is 6.61 Å². The molecular weight excluding hydrogens is 384 g/mol. The third-order valence-corrected chi connectivity index (χ3v) is 4.23. The summed E-state index contributed by atoms with van der Waals surface area (Å²) in [5.74, 6) is -0.246. The van der Waals surface area contributed by atoms with E-state index in [1.807, 2.05) is 36.4 Å². The second-order valence-corrected chi connectivity index (χ2v) is 6.10. The van der Waals surface area contributed by atoms with Gasteiger partial charge in [-0.25, -0.2) is 0 Å². The molecule has 0 aromatic heterocycles. The van der Waals surface area contributed by atoms with E-state index in [-0.39, 0.29) is 6.61 Å². The monoisotopic (exact) mass is 398 g/mol. The average molecular weight is 399 g/mol. The third-order valence-electron chi connectivity index (χ3n) is 3.54. The third kappa shape index (κ3) is 4.16. The van der Waals surface area contributed by atoms with Crippen LogP contribution in [-0.2, 0) is 4.79 Å². The predicted molar refractivity (Wildman–Crippen MR) is 99.2 cm³/mol. The van der Waals surface area contributed by atoms with Crippen LogP contribution in [0.15, 0.2) is 71.2 Å². The van der Waals surface area contributed by atoms with Crippen molar-refractivity contribution in [1.29, 1.82) is 0 Å². The molecule has 3 aromatic carbocycles. The molecule has 0 atom stereocenters. The van der Waals surface area contributed by atoms with Gasteiger partial charge in [-0.05, 0) is 39.5 Å². The Morgan fingerprint density at radius 1 is 0.880 bits per heavy atom. The highest BCUT2D eigenvalue weighted by atomic mass is 79.9. The number of rotatable bonds is 4. The van der Waals surface area contributed by atoms with E-state index in [0.717, 1.165) is 10.8 Å². The first kappa shape index (κ1) is 17.0. The van der Waals surface area contributed by atoms with Crippen LogP contribution in [0.25, 0.3) is 10.8 Å². The maximum atomic E-state index is 12.0. The summed E-state index contributed by atoms with van der Waals surface area (Å²) < 4.78 is 6.22. The molecule has 126 valence electrons. The lowest BCUT2D eigenvalue weighted by Crippen LogP contribution is -2.43. The molecule has 2 N–H and O–H groups in total. The summed E-state index contributed by atoms with van der Waals surface area (Å²) >= 11 is 3.29. The first-order valence-electron chi connectivity index (χ1n) is 7.59. The highest BCUT2D eigenvalue weighted by molar-refractivity contribution is 9.10. The van der Waals surface area contributed by atoms with E-state index < -0.39 is 11.8 Å². The van der Waals surface area contributed by atoms with Crippen molar-refractivity contribution >= 4 is 38.5 Å². The fourth-order valence-electron chi connectivity index (χ4n) is 2.34. The summed E-state index contributed by atoms with van der Waals surface area (Å²) in [5.41, 5.74) is 5.14. The van der Waals surface area contributed by atoms with Crippen molar-refractivity contribution in [2.45, 2.75) is 0 Å². The number of carbonyl (C=O) groups is 2. The van der Waals surface area contributed by atoms with Crippen LogP contribution >= 0.6 is 15.9 Å². The van der Waals surface area contributed by atoms with Gasteiger partial charge in [0.05, 0.1) is 5.56 Å². The molecule has 0 heterocycles. The van der Waals surface area contributed by atoms with Gasteiger partial charge in [0.25, 0.3) is 11.8 Å². The molecule has 6 heteroatoms. The van der Waals surface area contributed by atoms with Crippen LogP contribution in [0.2, 0.25) is 0 Å². The van der Waals surface area contributed by atoms with Crippen LogP contribution in [0.4, 0.5) is 0 Å². The molecule has 25 heavy (non-hydrogen) atoms. The van der Waals surface area contributed by atoms with Crippen molar-refractivity contribution in [2.24, 2.45) is 0 Å². The van der Waals surface area contributed by atoms with Crippen molar-refractivity contribution in [3.8, 4) is 5.75 Å². The number of nitrogens with one attached hydrogen (secondary N) is 2. The summed E-state index contributed by atoms with van der Waals surface area (Å²) in [6, 6.07) is 20.3. The molecule has 0 bridgehead atoms. The molecule has 3 aromatic rings. The average Bonchev–Trinajstić information content (AvgIpc) is 2.64. The minimum absolute atomic E-state index is 0.204. The van der Waals surface area contributed by atoms with Crippen LogP contribution in [0.5, 0.6) is 5.75 Å². The van der Waals surface area contributed by atoms with Crippen LogP contribution in [0.3, 0.4) is 0 Å². The first-order valence-corrected chi connectivity index (χ1v) is 8.39. The fraction of sp³-hybridized carbons (Fsp3) is 0.0526. The van der Waals surface area contributed by atoms with Gasteiger partial charge in [-0.2, -0.15) is 0 Å². The summed E-state index contributed by atoms with van der Waals surface area (Å²) in [6.07, 6.45) is 0. The van der Waals surface area contributed by atoms with Gasteiger partial charge in [-0.3, -0.25) is 20.4 Å². The second-order valence-electron chi connectivity index (χ2n) is 5.25. The van der Waals surface area contributed by atoms with E-state index >= 15 is 0 Å². The Labute approximate surface area is 153 Å². The molecule has 2 amide bonds. The van der Waals surface area contributed by atoms with Crippen molar-refractivity contribution < 1.29 is 14.3 Å². The standard InChI is InChI=1S/C19H15BrN2O3/c20-16-10-4-3-9-15(16)19(24)22-21-18(23)12-25-17-11-5-7-13-6-1-2-8-14(13)17/h1-11H,12H2,(H,21,23)(H,22,24). The van der Waals surface area contributed by atoms with Crippen molar-refractivity contribution in [3.05, 3.63) is 76.8 Å². The second kappa shape index (κ2) is 7.81. The molecule has 0 aliphatic rings. The van der Waals surface area contributed by atoms with Gasteiger partial charge in [0.1, 0.15) is 5.75 Å². The van der Waals surface area contributed by atoms with Gasteiger partial charge >= 0.3 is 0 Å². The van der Waals surface area contributed by atoms with E-state index in [1.54, 1.807) is 30.3 Å². The molecule has 0 saturated carbocycles. The van der Waals surface area contributed by atoms with E-state index in [1.165, 1.54) is 0 Å². The summed E-state index contributed by atoms with van der Waals surface area (Å²) in [6.45, 7) is -0.204. The SMILES string of the molecule is O=C(COc1cccc2ccccc12)NNC(=O)c1ccccc1Br. The lowest BCUT2D eigenvalue weighted by Gasteiger charge is -2.11. The van der Waals surface area contributed by atoms with Crippen LogP contribution in [-0.4, -0.2) is 18.4 Å². The maximum absolute atomic E-state index is 12.0. The van der Waals surface area contributed by atoms with Crippen molar-refractivity contribution in [2.75, 3.05) is 6.61 Å². The Kier molecular flexibility index (Phi) is 5.30. The van der Waals surface area contributed by atoms with Crippen LogP contribution < -0.4 is 15.6 Å². The lowest BCUT2D eigenvalue weighted by atomic mass is 10.1. The zero-order valence-corrected chi connectivity index (χ0v) is 14.7. The Morgan fingerprint density at radius 3 is 2.44 bits per heavy atom. The number of fused-ring (bicyclic) bond motifs is 1. The molecule has 0 spiro atoms. The van der Waals surface area contributed by atoms with Crippen molar-refractivity contribution in [1.82, 2.24) is 10.9 Å². The minimum atomic E-state index is -0.451. The molecule has 0 unspecified atom stereocenters. The maximum Gasteiger partial charge on any atom is 0.276 e. The number of halogens is 1.